The van der Waals surface area contributed by atoms with Crippen LogP contribution in [0.2, 0.25) is 0 Å². The molecule has 0 aliphatic heterocycles. The Morgan fingerprint density at radius 2 is 1.77 bits per heavy atom. The largest absolute Gasteiger partial charge is 0.416 e. The quantitative estimate of drug-likeness (QED) is 0.709. The Bertz CT molecular complexity index is 891. The summed E-state index contributed by atoms with van der Waals surface area (Å²) in [4.78, 5) is 23.2. The maximum Gasteiger partial charge on any atom is 0.416 e. The van der Waals surface area contributed by atoms with Gasteiger partial charge in [-0.1, -0.05) is 0 Å². The van der Waals surface area contributed by atoms with Gasteiger partial charge in [0.25, 0.3) is 5.91 Å². The fourth-order valence-corrected chi connectivity index (χ4v) is 3.80. The van der Waals surface area contributed by atoms with E-state index in [1.807, 2.05) is 25.9 Å². The summed E-state index contributed by atoms with van der Waals surface area (Å²) in [7, 11) is 3.89. The molecule has 2 N–H and O–H groups in total. The molecular formula is C22H28F3N5O. The van der Waals surface area contributed by atoms with Crippen molar-refractivity contribution in [3.8, 4) is 0 Å². The topological polar surface area (TPSA) is 70.1 Å². The highest BCUT2D eigenvalue weighted by molar-refractivity contribution is 5.94. The number of carbonyl (C=O) groups is 1. The third-order valence-corrected chi connectivity index (χ3v) is 5.57. The van der Waals surface area contributed by atoms with Gasteiger partial charge in [-0.15, -0.1) is 0 Å². The molecule has 1 aromatic heterocycles. The molecule has 9 heteroatoms. The molecule has 2 aromatic rings. The van der Waals surface area contributed by atoms with Crippen molar-refractivity contribution in [1.29, 1.82) is 0 Å². The molecule has 0 saturated heterocycles. The molecule has 1 aliphatic carbocycles. The zero-order valence-corrected chi connectivity index (χ0v) is 18.0. The third-order valence-electron chi connectivity index (χ3n) is 5.57. The molecule has 0 spiro atoms. The Kier molecular flexibility index (Phi) is 7.02. The van der Waals surface area contributed by atoms with Gasteiger partial charge >= 0.3 is 6.18 Å². The van der Waals surface area contributed by atoms with Crippen LogP contribution >= 0.6 is 0 Å². The van der Waals surface area contributed by atoms with Gasteiger partial charge in [-0.3, -0.25) is 4.79 Å². The molecule has 1 saturated carbocycles. The summed E-state index contributed by atoms with van der Waals surface area (Å²) >= 11 is 0. The Hall–Kier alpha value is -2.84. The van der Waals surface area contributed by atoms with Crippen LogP contribution in [-0.2, 0) is 6.18 Å². The van der Waals surface area contributed by atoms with Crippen LogP contribution in [0.1, 0.15) is 47.2 Å². The molecule has 0 bridgehead atoms. The minimum Gasteiger partial charge on any atom is -0.362 e. The van der Waals surface area contributed by atoms with Crippen LogP contribution in [0, 0.1) is 12.8 Å². The lowest BCUT2D eigenvalue weighted by molar-refractivity contribution is -0.137. The summed E-state index contributed by atoms with van der Waals surface area (Å²) in [6.45, 7) is 2.73. The number of carbonyl (C=O) groups excluding carboxylic acids is 1. The van der Waals surface area contributed by atoms with E-state index in [1.165, 1.54) is 12.1 Å². The first kappa shape index (κ1) is 22.8. The van der Waals surface area contributed by atoms with Gasteiger partial charge in [-0.2, -0.15) is 18.2 Å². The van der Waals surface area contributed by atoms with E-state index in [0.717, 1.165) is 55.7 Å². The first-order valence-corrected chi connectivity index (χ1v) is 10.4. The van der Waals surface area contributed by atoms with Gasteiger partial charge in [0, 0.05) is 44.0 Å². The van der Waals surface area contributed by atoms with E-state index >= 15 is 0 Å². The van der Waals surface area contributed by atoms with Crippen LogP contribution in [0.25, 0.3) is 0 Å². The smallest absolute Gasteiger partial charge is 0.362 e. The average molecular weight is 435 g/mol. The number of hydrogen-bond acceptors (Lipinski definition) is 5. The summed E-state index contributed by atoms with van der Waals surface area (Å²) in [6.07, 6.45) is 0.943. The maximum atomic E-state index is 12.7. The Balaban J connectivity index is 1.45. The number of aromatic nitrogens is 2. The predicted octanol–water partition coefficient (Wildman–Crippen LogP) is 4.27. The van der Waals surface area contributed by atoms with E-state index < -0.39 is 11.7 Å². The number of rotatable bonds is 6. The molecule has 1 amide bonds. The molecule has 0 atom stereocenters. The van der Waals surface area contributed by atoms with Crippen molar-refractivity contribution < 1.29 is 18.0 Å². The zero-order valence-electron chi connectivity index (χ0n) is 18.0. The highest BCUT2D eigenvalue weighted by Gasteiger charge is 2.30. The van der Waals surface area contributed by atoms with Gasteiger partial charge in [0.05, 0.1) is 5.56 Å². The van der Waals surface area contributed by atoms with Gasteiger partial charge < -0.3 is 15.5 Å². The summed E-state index contributed by atoms with van der Waals surface area (Å²) < 4.78 is 38.0. The van der Waals surface area contributed by atoms with E-state index in [9.17, 15) is 18.0 Å². The van der Waals surface area contributed by atoms with Gasteiger partial charge in [0.15, 0.2) is 0 Å². The lowest BCUT2D eigenvalue weighted by Crippen LogP contribution is -2.38. The number of aryl methyl sites for hydroxylation is 1. The van der Waals surface area contributed by atoms with E-state index in [0.29, 0.717) is 11.9 Å². The van der Waals surface area contributed by atoms with Crippen LogP contribution < -0.4 is 15.5 Å². The van der Waals surface area contributed by atoms with Crippen molar-refractivity contribution in [2.45, 2.75) is 44.8 Å². The van der Waals surface area contributed by atoms with Crippen LogP contribution in [0.15, 0.2) is 30.5 Å². The van der Waals surface area contributed by atoms with Gasteiger partial charge in [-0.05, 0) is 62.8 Å². The van der Waals surface area contributed by atoms with E-state index in [-0.39, 0.29) is 17.5 Å². The van der Waals surface area contributed by atoms with Gasteiger partial charge in [-0.25, -0.2) is 4.98 Å². The molecule has 3 rings (SSSR count). The van der Waals surface area contributed by atoms with E-state index in [1.54, 1.807) is 6.20 Å². The second-order valence-electron chi connectivity index (χ2n) is 8.24. The minimum absolute atomic E-state index is 0.0296. The van der Waals surface area contributed by atoms with E-state index in [2.05, 4.69) is 20.6 Å². The maximum absolute atomic E-state index is 12.7. The standard InChI is InChI=1S/C22H28F3N5O/c1-14-12-26-21(29-19(14)30(2)3)27-13-15-4-10-18(11-5-15)28-20(31)16-6-8-17(9-7-16)22(23,24)25/h6-9,12,15,18H,4-5,10-11,13H2,1-3H3,(H,28,31)(H,26,27,29)/t15-,18+. The molecule has 0 unspecified atom stereocenters. The molecule has 6 nitrogen and oxygen atoms in total. The molecule has 1 aromatic carbocycles. The van der Waals surface area contributed by atoms with Crippen molar-refractivity contribution in [1.82, 2.24) is 15.3 Å². The summed E-state index contributed by atoms with van der Waals surface area (Å²) in [5.41, 5.74) is 0.497. The minimum atomic E-state index is -4.40. The van der Waals surface area contributed by atoms with Crippen LogP contribution in [-0.4, -0.2) is 42.6 Å². The summed E-state index contributed by atoms with van der Waals surface area (Å²) in [6, 6.07) is 4.34. The summed E-state index contributed by atoms with van der Waals surface area (Å²) in [5, 5.41) is 6.25. The molecule has 0 radical (unpaired) electrons. The fraction of sp³-hybridized carbons (Fsp3) is 0.500. The van der Waals surface area contributed by atoms with Gasteiger partial charge in [0.1, 0.15) is 5.82 Å². The first-order valence-electron chi connectivity index (χ1n) is 10.4. The lowest BCUT2D eigenvalue weighted by atomic mass is 9.86. The zero-order chi connectivity index (χ0) is 22.6. The number of nitrogens with zero attached hydrogens (tertiary/aromatic N) is 3. The van der Waals surface area contributed by atoms with Crippen LogP contribution in [0.5, 0.6) is 0 Å². The van der Waals surface area contributed by atoms with E-state index in [4.69, 9.17) is 0 Å². The SMILES string of the molecule is Cc1cnc(NC[C@H]2CC[C@@H](NC(=O)c3ccc(C(F)(F)F)cc3)CC2)nc1N(C)C. The Labute approximate surface area is 180 Å². The normalized spacial score (nSPS) is 19.0. The monoisotopic (exact) mass is 435 g/mol. The van der Waals surface area contributed by atoms with Crippen molar-refractivity contribution >= 4 is 17.7 Å². The fourth-order valence-electron chi connectivity index (χ4n) is 3.80. The lowest BCUT2D eigenvalue weighted by Gasteiger charge is -2.29. The third kappa shape index (κ3) is 6.08. The Morgan fingerprint density at radius 1 is 1.13 bits per heavy atom. The van der Waals surface area contributed by atoms with Crippen molar-refractivity contribution in [2.75, 3.05) is 30.9 Å². The average Bonchev–Trinajstić information content (AvgIpc) is 2.73. The number of amides is 1. The van der Waals surface area contributed by atoms with Crippen molar-refractivity contribution in [3.05, 3.63) is 47.2 Å². The number of anilines is 2. The van der Waals surface area contributed by atoms with Crippen LogP contribution in [0.4, 0.5) is 24.9 Å². The molecule has 1 heterocycles. The molecule has 31 heavy (non-hydrogen) atoms. The van der Waals surface area contributed by atoms with Crippen molar-refractivity contribution in [2.24, 2.45) is 5.92 Å². The molecule has 1 fully saturated rings. The number of benzene rings is 1. The number of halogens is 3. The second kappa shape index (κ2) is 9.53. The number of nitrogens with one attached hydrogen (secondary N) is 2. The number of hydrogen-bond donors (Lipinski definition) is 2. The van der Waals surface area contributed by atoms with Gasteiger partial charge in [0.2, 0.25) is 5.95 Å². The van der Waals surface area contributed by atoms with Crippen molar-refractivity contribution in [3.63, 3.8) is 0 Å². The second-order valence-corrected chi connectivity index (χ2v) is 8.24. The Morgan fingerprint density at radius 3 is 2.35 bits per heavy atom. The first-order chi connectivity index (χ1) is 14.6. The molecular weight excluding hydrogens is 407 g/mol. The number of alkyl halides is 3. The molecule has 168 valence electrons. The molecule has 1 aliphatic rings. The highest BCUT2D eigenvalue weighted by Crippen LogP contribution is 2.29. The summed E-state index contributed by atoms with van der Waals surface area (Å²) in [5.74, 6) is 1.60. The predicted molar refractivity (Wildman–Crippen MR) is 114 cm³/mol. The van der Waals surface area contributed by atoms with Crippen LogP contribution in [0.3, 0.4) is 0 Å². The highest BCUT2D eigenvalue weighted by atomic mass is 19.4.